The van der Waals surface area contributed by atoms with Crippen LogP contribution < -0.4 is 10.9 Å². The molecule has 2 rings (SSSR count). The number of hydrogen-bond acceptors (Lipinski definition) is 3. The standard InChI is InChI=1S/C15H16FN3O2/c1-10(2)17-14(20)9-19-15(21)8-7-13(18-19)11-3-5-12(16)6-4-11/h3-8,10H,9H2,1-2H3,(H,17,20). The van der Waals surface area contributed by atoms with Crippen molar-refractivity contribution in [2.24, 2.45) is 0 Å². The Balaban J connectivity index is 2.27. The molecule has 0 saturated carbocycles. The molecule has 6 heteroatoms. The van der Waals surface area contributed by atoms with Gasteiger partial charge in [-0.1, -0.05) is 0 Å². The third-order valence-corrected chi connectivity index (χ3v) is 2.75. The molecule has 0 bridgehead atoms. The van der Waals surface area contributed by atoms with Crippen LogP contribution in [0.1, 0.15) is 13.8 Å². The minimum atomic E-state index is -0.361. The van der Waals surface area contributed by atoms with E-state index in [1.807, 2.05) is 13.8 Å². The topological polar surface area (TPSA) is 64.0 Å². The Labute approximate surface area is 121 Å². The zero-order chi connectivity index (χ0) is 15.4. The predicted octanol–water partition coefficient (Wildman–Crippen LogP) is 1.57. The van der Waals surface area contributed by atoms with Crippen LogP contribution in [0, 0.1) is 5.82 Å². The molecule has 1 aromatic carbocycles. The molecule has 2 aromatic rings. The third kappa shape index (κ3) is 3.98. The number of carbonyl (C=O) groups is 1. The van der Waals surface area contributed by atoms with E-state index in [1.54, 1.807) is 18.2 Å². The average Bonchev–Trinajstić information content (AvgIpc) is 2.41. The van der Waals surface area contributed by atoms with E-state index in [-0.39, 0.29) is 29.9 Å². The van der Waals surface area contributed by atoms with Crippen molar-refractivity contribution < 1.29 is 9.18 Å². The highest BCUT2D eigenvalue weighted by atomic mass is 19.1. The summed E-state index contributed by atoms with van der Waals surface area (Å²) in [5, 5.41) is 6.84. The third-order valence-electron chi connectivity index (χ3n) is 2.75. The Morgan fingerprint density at radius 1 is 1.24 bits per heavy atom. The number of rotatable bonds is 4. The Morgan fingerprint density at radius 2 is 1.90 bits per heavy atom. The Kier molecular flexibility index (Phi) is 4.47. The van der Waals surface area contributed by atoms with Crippen molar-refractivity contribution in [3.63, 3.8) is 0 Å². The number of carbonyl (C=O) groups excluding carboxylic acids is 1. The molecule has 0 aliphatic carbocycles. The first-order valence-corrected chi connectivity index (χ1v) is 6.59. The number of amides is 1. The van der Waals surface area contributed by atoms with Crippen molar-refractivity contribution in [1.29, 1.82) is 0 Å². The van der Waals surface area contributed by atoms with E-state index in [2.05, 4.69) is 10.4 Å². The Hall–Kier alpha value is -2.50. The van der Waals surface area contributed by atoms with Crippen molar-refractivity contribution in [1.82, 2.24) is 15.1 Å². The molecule has 1 N–H and O–H groups in total. The molecule has 110 valence electrons. The van der Waals surface area contributed by atoms with Gasteiger partial charge < -0.3 is 5.32 Å². The number of nitrogens with one attached hydrogen (secondary N) is 1. The summed E-state index contributed by atoms with van der Waals surface area (Å²) in [5.41, 5.74) is 0.820. The van der Waals surface area contributed by atoms with Crippen molar-refractivity contribution in [2.75, 3.05) is 0 Å². The summed E-state index contributed by atoms with van der Waals surface area (Å²) in [7, 11) is 0. The lowest BCUT2D eigenvalue weighted by Gasteiger charge is -2.10. The van der Waals surface area contributed by atoms with Gasteiger partial charge in [0.05, 0.1) is 5.69 Å². The van der Waals surface area contributed by atoms with E-state index in [0.29, 0.717) is 11.3 Å². The van der Waals surface area contributed by atoms with E-state index in [1.165, 1.54) is 18.2 Å². The molecule has 1 aromatic heterocycles. The molecule has 0 saturated heterocycles. The Morgan fingerprint density at radius 3 is 2.52 bits per heavy atom. The SMILES string of the molecule is CC(C)NC(=O)Cn1nc(-c2ccc(F)cc2)ccc1=O. The first-order valence-electron chi connectivity index (χ1n) is 6.59. The van der Waals surface area contributed by atoms with Gasteiger partial charge in [0, 0.05) is 17.7 Å². The van der Waals surface area contributed by atoms with Crippen LogP contribution in [0.3, 0.4) is 0 Å². The van der Waals surface area contributed by atoms with E-state index >= 15 is 0 Å². The molecule has 1 heterocycles. The fourth-order valence-corrected chi connectivity index (χ4v) is 1.84. The van der Waals surface area contributed by atoms with Gasteiger partial charge in [-0.05, 0) is 44.2 Å². The van der Waals surface area contributed by atoms with Gasteiger partial charge in [0.1, 0.15) is 12.4 Å². The van der Waals surface area contributed by atoms with Gasteiger partial charge >= 0.3 is 0 Å². The molecule has 0 aliphatic heterocycles. The van der Waals surface area contributed by atoms with Crippen molar-refractivity contribution >= 4 is 5.91 Å². The van der Waals surface area contributed by atoms with Gasteiger partial charge in [0.25, 0.3) is 5.56 Å². The second-order valence-corrected chi connectivity index (χ2v) is 4.94. The number of nitrogens with zero attached hydrogens (tertiary/aromatic N) is 2. The summed E-state index contributed by atoms with van der Waals surface area (Å²) in [6, 6.07) is 8.66. The van der Waals surface area contributed by atoms with Crippen LogP contribution in [-0.2, 0) is 11.3 Å². The number of halogens is 1. The van der Waals surface area contributed by atoms with Crippen LogP contribution in [0.2, 0.25) is 0 Å². The lowest BCUT2D eigenvalue weighted by Crippen LogP contribution is -2.36. The normalized spacial score (nSPS) is 10.7. The number of aromatic nitrogens is 2. The lowest BCUT2D eigenvalue weighted by atomic mass is 10.1. The summed E-state index contributed by atoms with van der Waals surface area (Å²) in [5.74, 6) is -0.626. The van der Waals surface area contributed by atoms with Gasteiger partial charge in [0.15, 0.2) is 0 Å². The largest absolute Gasteiger partial charge is 0.352 e. The van der Waals surface area contributed by atoms with Crippen LogP contribution in [0.15, 0.2) is 41.2 Å². The lowest BCUT2D eigenvalue weighted by molar-refractivity contribution is -0.122. The molecule has 5 nitrogen and oxygen atoms in total. The van der Waals surface area contributed by atoms with Crippen molar-refractivity contribution in [3.8, 4) is 11.3 Å². The molecule has 1 amide bonds. The zero-order valence-electron chi connectivity index (χ0n) is 11.8. The van der Waals surface area contributed by atoms with Gasteiger partial charge in [-0.2, -0.15) is 5.10 Å². The quantitative estimate of drug-likeness (QED) is 0.929. The van der Waals surface area contributed by atoms with E-state index < -0.39 is 0 Å². The van der Waals surface area contributed by atoms with Crippen LogP contribution in [-0.4, -0.2) is 21.7 Å². The highest BCUT2D eigenvalue weighted by Crippen LogP contribution is 2.15. The summed E-state index contributed by atoms with van der Waals surface area (Å²) < 4.78 is 14.0. The van der Waals surface area contributed by atoms with E-state index in [4.69, 9.17) is 0 Å². The van der Waals surface area contributed by atoms with Crippen LogP contribution >= 0.6 is 0 Å². The van der Waals surface area contributed by atoms with Crippen LogP contribution in [0.25, 0.3) is 11.3 Å². The maximum atomic E-state index is 12.9. The summed E-state index contributed by atoms with van der Waals surface area (Å²) >= 11 is 0. The fourth-order valence-electron chi connectivity index (χ4n) is 1.84. The summed E-state index contributed by atoms with van der Waals surface area (Å²) in [4.78, 5) is 23.4. The average molecular weight is 289 g/mol. The molecule has 21 heavy (non-hydrogen) atoms. The van der Waals surface area contributed by atoms with E-state index in [0.717, 1.165) is 4.68 Å². The van der Waals surface area contributed by atoms with Crippen molar-refractivity contribution in [2.45, 2.75) is 26.4 Å². The van der Waals surface area contributed by atoms with Gasteiger partial charge in [0.2, 0.25) is 5.91 Å². The highest BCUT2D eigenvalue weighted by molar-refractivity contribution is 5.75. The first kappa shape index (κ1) is 14.9. The zero-order valence-corrected chi connectivity index (χ0v) is 11.8. The molecule has 0 spiro atoms. The second kappa shape index (κ2) is 6.30. The highest BCUT2D eigenvalue weighted by Gasteiger charge is 2.08. The van der Waals surface area contributed by atoms with E-state index in [9.17, 15) is 14.0 Å². The molecule has 0 aliphatic rings. The molecular formula is C15H16FN3O2. The maximum absolute atomic E-state index is 12.9. The van der Waals surface area contributed by atoms with Gasteiger partial charge in [-0.15, -0.1) is 0 Å². The number of benzene rings is 1. The van der Waals surface area contributed by atoms with Crippen LogP contribution in [0.5, 0.6) is 0 Å². The van der Waals surface area contributed by atoms with Crippen LogP contribution in [0.4, 0.5) is 4.39 Å². The molecule has 0 radical (unpaired) electrons. The smallest absolute Gasteiger partial charge is 0.267 e. The number of hydrogen-bond donors (Lipinski definition) is 1. The summed E-state index contributed by atoms with van der Waals surface area (Å²) in [6.45, 7) is 3.53. The fraction of sp³-hybridized carbons (Fsp3) is 0.267. The first-order chi connectivity index (χ1) is 9.95. The summed E-state index contributed by atoms with van der Waals surface area (Å²) in [6.07, 6.45) is 0. The monoisotopic (exact) mass is 289 g/mol. The molecule has 0 fully saturated rings. The minimum Gasteiger partial charge on any atom is -0.352 e. The minimum absolute atomic E-state index is 0.00603. The van der Waals surface area contributed by atoms with Gasteiger partial charge in [-0.25, -0.2) is 9.07 Å². The molecule has 0 unspecified atom stereocenters. The Bertz CT molecular complexity index is 693. The maximum Gasteiger partial charge on any atom is 0.267 e. The predicted molar refractivity (Wildman–Crippen MR) is 77.2 cm³/mol. The molecular weight excluding hydrogens is 273 g/mol. The second-order valence-electron chi connectivity index (χ2n) is 4.94. The van der Waals surface area contributed by atoms with Gasteiger partial charge in [-0.3, -0.25) is 9.59 Å². The van der Waals surface area contributed by atoms with Crippen molar-refractivity contribution in [3.05, 3.63) is 52.6 Å². The molecule has 0 atom stereocenters.